The number of hydrogen-bond donors (Lipinski definition) is 2. The SMILES string of the molecule is CN=C(NCCc1csc(C)n1)NCC(C)(C)c1ccc(F)cc1Cl.I. The first kappa shape index (κ1) is 23.1. The molecule has 1 heterocycles. The number of thiazole rings is 1. The number of nitrogens with zero attached hydrogens (tertiary/aromatic N) is 2. The molecule has 0 radical (unpaired) electrons. The summed E-state index contributed by atoms with van der Waals surface area (Å²) in [5.74, 6) is 0.394. The molecule has 4 nitrogen and oxygen atoms in total. The molecule has 26 heavy (non-hydrogen) atoms. The molecule has 0 saturated heterocycles. The quantitative estimate of drug-likeness (QED) is 0.341. The number of aryl methyl sites for hydroxylation is 1. The van der Waals surface area contributed by atoms with Crippen molar-refractivity contribution in [1.29, 1.82) is 0 Å². The first-order valence-electron chi connectivity index (χ1n) is 8.13. The first-order chi connectivity index (χ1) is 11.8. The van der Waals surface area contributed by atoms with Gasteiger partial charge in [0.25, 0.3) is 0 Å². The number of halogens is 3. The number of rotatable bonds is 6. The first-order valence-corrected chi connectivity index (χ1v) is 9.38. The standard InChI is InChI=1S/C18H24ClFN4S.HI/c1-12-24-14(10-25-12)7-8-22-17(21-4)23-11-18(2,3)15-6-5-13(20)9-16(15)19;/h5-6,9-10H,7-8,11H2,1-4H3,(H2,21,22,23);1H. The van der Waals surface area contributed by atoms with Crippen LogP contribution in [-0.4, -0.2) is 31.1 Å². The number of guanidine groups is 1. The molecule has 0 fully saturated rings. The maximum Gasteiger partial charge on any atom is 0.191 e. The fourth-order valence-corrected chi connectivity index (χ4v) is 3.56. The second-order valence-corrected chi connectivity index (χ2v) is 7.94. The lowest BCUT2D eigenvalue weighted by molar-refractivity contribution is 0.507. The van der Waals surface area contributed by atoms with E-state index in [0.29, 0.717) is 11.6 Å². The Morgan fingerprint density at radius 3 is 2.65 bits per heavy atom. The van der Waals surface area contributed by atoms with Crippen LogP contribution in [-0.2, 0) is 11.8 Å². The van der Waals surface area contributed by atoms with Crippen LogP contribution in [0.2, 0.25) is 5.02 Å². The van der Waals surface area contributed by atoms with E-state index in [4.69, 9.17) is 11.6 Å². The molecule has 8 heteroatoms. The zero-order valence-electron chi connectivity index (χ0n) is 15.4. The predicted molar refractivity (Wildman–Crippen MR) is 120 cm³/mol. The van der Waals surface area contributed by atoms with E-state index in [9.17, 15) is 4.39 Å². The molecular formula is C18H25ClFIN4S. The Labute approximate surface area is 180 Å². The third kappa shape index (κ3) is 6.66. The van der Waals surface area contributed by atoms with Crippen LogP contribution in [0, 0.1) is 12.7 Å². The summed E-state index contributed by atoms with van der Waals surface area (Å²) in [4.78, 5) is 8.69. The lowest BCUT2D eigenvalue weighted by atomic mass is 9.84. The average Bonchev–Trinajstić information content (AvgIpc) is 2.95. The van der Waals surface area contributed by atoms with Crippen molar-refractivity contribution in [3.8, 4) is 0 Å². The largest absolute Gasteiger partial charge is 0.356 e. The highest BCUT2D eigenvalue weighted by Gasteiger charge is 2.24. The molecule has 0 unspecified atom stereocenters. The van der Waals surface area contributed by atoms with Crippen molar-refractivity contribution < 1.29 is 4.39 Å². The van der Waals surface area contributed by atoms with Crippen molar-refractivity contribution >= 4 is 52.9 Å². The summed E-state index contributed by atoms with van der Waals surface area (Å²) in [6.07, 6.45) is 0.845. The maximum absolute atomic E-state index is 13.3. The summed E-state index contributed by atoms with van der Waals surface area (Å²) in [7, 11) is 1.74. The van der Waals surface area contributed by atoms with Crippen LogP contribution in [0.5, 0.6) is 0 Å². The van der Waals surface area contributed by atoms with E-state index in [1.54, 1.807) is 24.5 Å². The van der Waals surface area contributed by atoms with Crippen molar-refractivity contribution in [3.63, 3.8) is 0 Å². The molecule has 0 aliphatic rings. The molecule has 0 spiro atoms. The average molecular weight is 511 g/mol. The van der Waals surface area contributed by atoms with Crippen molar-refractivity contribution in [2.24, 2.45) is 4.99 Å². The van der Waals surface area contributed by atoms with Crippen molar-refractivity contribution in [2.45, 2.75) is 32.6 Å². The van der Waals surface area contributed by atoms with Crippen LogP contribution >= 0.6 is 46.9 Å². The Balaban J connectivity index is 0.00000338. The van der Waals surface area contributed by atoms with Gasteiger partial charge in [-0.2, -0.15) is 0 Å². The van der Waals surface area contributed by atoms with Crippen LogP contribution in [0.15, 0.2) is 28.6 Å². The van der Waals surface area contributed by atoms with E-state index in [-0.39, 0.29) is 35.2 Å². The number of hydrogen-bond acceptors (Lipinski definition) is 3. The van der Waals surface area contributed by atoms with E-state index in [2.05, 4.69) is 39.8 Å². The van der Waals surface area contributed by atoms with Gasteiger partial charge < -0.3 is 10.6 Å². The molecule has 1 aromatic heterocycles. The highest BCUT2D eigenvalue weighted by molar-refractivity contribution is 14.0. The molecule has 1 aromatic carbocycles. The van der Waals surface area contributed by atoms with Crippen LogP contribution < -0.4 is 10.6 Å². The van der Waals surface area contributed by atoms with Gasteiger partial charge in [0.1, 0.15) is 5.82 Å². The Hall–Kier alpha value is -0.930. The topological polar surface area (TPSA) is 49.3 Å². The van der Waals surface area contributed by atoms with Gasteiger partial charge in [-0.25, -0.2) is 9.37 Å². The zero-order valence-corrected chi connectivity index (χ0v) is 19.3. The third-order valence-electron chi connectivity index (χ3n) is 3.92. The van der Waals surface area contributed by atoms with E-state index >= 15 is 0 Å². The van der Waals surface area contributed by atoms with Crippen molar-refractivity contribution in [3.05, 3.63) is 50.7 Å². The third-order valence-corrected chi connectivity index (χ3v) is 5.06. The lowest BCUT2D eigenvalue weighted by Gasteiger charge is -2.27. The van der Waals surface area contributed by atoms with Gasteiger partial charge in [0.2, 0.25) is 0 Å². The molecule has 2 N–H and O–H groups in total. The smallest absolute Gasteiger partial charge is 0.191 e. The molecule has 0 atom stereocenters. The van der Waals surface area contributed by atoms with Crippen LogP contribution in [0.1, 0.15) is 30.1 Å². The second kappa shape index (κ2) is 10.4. The fourth-order valence-electron chi connectivity index (χ4n) is 2.49. The lowest BCUT2D eigenvalue weighted by Crippen LogP contribution is -2.44. The molecule has 2 aromatic rings. The Kier molecular flexibility index (Phi) is 9.26. The number of aromatic nitrogens is 1. The number of benzene rings is 1. The van der Waals surface area contributed by atoms with Crippen LogP contribution in [0.3, 0.4) is 0 Å². The van der Waals surface area contributed by atoms with Gasteiger partial charge in [-0.05, 0) is 24.6 Å². The minimum absolute atomic E-state index is 0. The van der Waals surface area contributed by atoms with Gasteiger partial charge in [-0.1, -0.05) is 31.5 Å². The van der Waals surface area contributed by atoms with Crippen LogP contribution in [0.4, 0.5) is 4.39 Å². The summed E-state index contributed by atoms with van der Waals surface area (Å²) in [5, 5.41) is 10.2. The molecule has 0 aliphatic carbocycles. The molecule has 2 rings (SSSR count). The van der Waals surface area contributed by atoms with E-state index in [1.165, 1.54) is 12.1 Å². The van der Waals surface area contributed by atoms with E-state index in [0.717, 1.165) is 35.2 Å². The summed E-state index contributed by atoms with van der Waals surface area (Å²) in [5.41, 5.74) is 1.72. The van der Waals surface area contributed by atoms with Gasteiger partial charge in [0, 0.05) is 42.4 Å². The summed E-state index contributed by atoms with van der Waals surface area (Å²) in [6.45, 7) is 7.49. The molecule has 0 aliphatic heterocycles. The molecular weight excluding hydrogens is 486 g/mol. The van der Waals surface area contributed by atoms with Crippen LogP contribution in [0.25, 0.3) is 0 Å². The number of aliphatic imine (C=N–C) groups is 1. The molecule has 144 valence electrons. The highest BCUT2D eigenvalue weighted by atomic mass is 127. The minimum atomic E-state index is -0.327. The Bertz CT molecular complexity index is 749. The predicted octanol–water partition coefficient (Wildman–Crippen LogP) is 4.55. The summed E-state index contributed by atoms with van der Waals surface area (Å²) >= 11 is 7.86. The second-order valence-electron chi connectivity index (χ2n) is 6.47. The molecule has 0 saturated carbocycles. The highest BCUT2D eigenvalue weighted by Crippen LogP contribution is 2.29. The van der Waals surface area contributed by atoms with Crippen molar-refractivity contribution in [2.75, 3.05) is 20.1 Å². The monoisotopic (exact) mass is 510 g/mol. The van der Waals surface area contributed by atoms with E-state index < -0.39 is 0 Å². The van der Waals surface area contributed by atoms with Crippen molar-refractivity contribution in [1.82, 2.24) is 15.6 Å². The molecule has 0 bridgehead atoms. The number of nitrogens with one attached hydrogen (secondary N) is 2. The Morgan fingerprint density at radius 2 is 2.08 bits per heavy atom. The van der Waals surface area contributed by atoms with Gasteiger partial charge in [0.05, 0.1) is 10.7 Å². The minimum Gasteiger partial charge on any atom is -0.356 e. The molecule has 0 amide bonds. The summed E-state index contributed by atoms with van der Waals surface area (Å²) in [6, 6.07) is 4.52. The maximum atomic E-state index is 13.3. The van der Waals surface area contributed by atoms with Gasteiger partial charge in [-0.15, -0.1) is 35.3 Å². The normalized spacial score (nSPS) is 11.8. The van der Waals surface area contributed by atoms with Gasteiger partial charge in [0.15, 0.2) is 5.96 Å². The fraction of sp³-hybridized carbons (Fsp3) is 0.444. The van der Waals surface area contributed by atoms with Gasteiger partial charge >= 0.3 is 0 Å². The zero-order chi connectivity index (χ0) is 18.4. The Morgan fingerprint density at radius 1 is 1.35 bits per heavy atom. The summed E-state index contributed by atoms with van der Waals surface area (Å²) < 4.78 is 13.3. The van der Waals surface area contributed by atoms with Gasteiger partial charge in [-0.3, -0.25) is 4.99 Å². The van der Waals surface area contributed by atoms with E-state index in [1.807, 2.05) is 6.92 Å².